The minimum atomic E-state index is -4.35. The van der Waals surface area contributed by atoms with Crippen molar-refractivity contribution in [3.05, 3.63) is 12.7 Å². The molecule has 1 aliphatic rings. The molecule has 1 heterocycles. The van der Waals surface area contributed by atoms with Crippen LogP contribution in [0.15, 0.2) is 22.6 Å². The maximum Gasteiger partial charge on any atom is 0.410 e. The molecule has 0 radical (unpaired) electrons. The molecule has 0 aromatic rings. The lowest BCUT2D eigenvalue weighted by Gasteiger charge is -2.35. The summed E-state index contributed by atoms with van der Waals surface area (Å²) in [6.07, 6.45) is -2.15. The molecule has 0 bridgehead atoms. The van der Waals surface area contributed by atoms with E-state index in [2.05, 4.69) is 16.6 Å². The number of rotatable bonds is 3. The normalized spacial score (nSPS) is 19.0. The van der Waals surface area contributed by atoms with E-state index in [0.29, 0.717) is 32.0 Å². The standard InChI is InChI=1S/C13H19F3N4O/c1-4-12(21)20-7-5-19(6-8-20)11(3)18-9-17-10(2)13(14,15)16/h4,9-10H,1,5-8H2,2-3H3/b17-9-,18-11+. The van der Waals surface area contributed by atoms with Gasteiger partial charge in [0.15, 0.2) is 0 Å². The van der Waals surface area contributed by atoms with Crippen LogP contribution >= 0.6 is 0 Å². The predicted molar refractivity (Wildman–Crippen MR) is 75.5 cm³/mol. The highest BCUT2D eigenvalue weighted by molar-refractivity contribution is 5.88. The van der Waals surface area contributed by atoms with E-state index in [1.807, 2.05) is 4.90 Å². The molecule has 5 nitrogen and oxygen atoms in total. The zero-order chi connectivity index (χ0) is 16.0. The fraction of sp³-hybridized carbons (Fsp3) is 0.615. The summed E-state index contributed by atoms with van der Waals surface area (Å²) in [6, 6.07) is -1.77. The molecule has 0 aromatic carbocycles. The van der Waals surface area contributed by atoms with E-state index in [1.54, 1.807) is 11.8 Å². The van der Waals surface area contributed by atoms with Gasteiger partial charge in [0.25, 0.3) is 0 Å². The lowest BCUT2D eigenvalue weighted by molar-refractivity contribution is -0.142. The maximum atomic E-state index is 12.3. The van der Waals surface area contributed by atoms with Crippen molar-refractivity contribution < 1.29 is 18.0 Å². The monoisotopic (exact) mass is 304 g/mol. The number of hydrogen-bond acceptors (Lipinski definition) is 2. The Kier molecular flexibility index (Phi) is 5.92. The van der Waals surface area contributed by atoms with Gasteiger partial charge in [0.1, 0.15) is 18.2 Å². The molecule has 8 heteroatoms. The molecule has 21 heavy (non-hydrogen) atoms. The van der Waals surface area contributed by atoms with Gasteiger partial charge in [0.05, 0.1) is 0 Å². The number of aliphatic imine (C=N–C) groups is 2. The molecule has 1 aliphatic heterocycles. The summed E-state index contributed by atoms with van der Waals surface area (Å²) in [5.41, 5.74) is 0. The Hall–Kier alpha value is -1.86. The highest BCUT2D eigenvalue weighted by Gasteiger charge is 2.35. The molecule has 1 atom stereocenters. The highest BCUT2D eigenvalue weighted by Crippen LogP contribution is 2.21. The predicted octanol–water partition coefficient (Wildman–Crippen LogP) is 1.71. The van der Waals surface area contributed by atoms with Crippen LogP contribution in [0, 0.1) is 0 Å². The Morgan fingerprint density at radius 3 is 2.24 bits per heavy atom. The number of piperazine rings is 1. The molecule has 0 aliphatic carbocycles. The molecular weight excluding hydrogens is 285 g/mol. The summed E-state index contributed by atoms with van der Waals surface area (Å²) < 4.78 is 36.8. The van der Waals surface area contributed by atoms with Crippen LogP contribution in [0.1, 0.15) is 13.8 Å². The van der Waals surface area contributed by atoms with Crippen LogP contribution in [-0.4, -0.2) is 66.3 Å². The van der Waals surface area contributed by atoms with Crippen molar-refractivity contribution in [1.29, 1.82) is 0 Å². The van der Waals surface area contributed by atoms with Crippen LogP contribution in [-0.2, 0) is 4.79 Å². The van der Waals surface area contributed by atoms with Gasteiger partial charge in [-0.2, -0.15) is 13.2 Å². The summed E-state index contributed by atoms with van der Waals surface area (Å²) in [7, 11) is 0. The van der Waals surface area contributed by atoms with Gasteiger partial charge >= 0.3 is 6.18 Å². The molecular formula is C13H19F3N4O. The number of alkyl halides is 3. The first-order valence-electron chi connectivity index (χ1n) is 6.54. The number of amidine groups is 1. The van der Waals surface area contributed by atoms with E-state index in [0.717, 1.165) is 13.3 Å². The van der Waals surface area contributed by atoms with Crippen LogP contribution in [0.3, 0.4) is 0 Å². The Bertz CT molecular complexity index is 437. The summed E-state index contributed by atoms with van der Waals surface area (Å²) in [5.74, 6) is 0.462. The van der Waals surface area contributed by atoms with Crippen molar-refractivity contribution in [2.24, 2.45) is 9.98 Å². The van der Waals surface area contributed by atoms with Gasteiger partial charge in [-0.15, -0.1) is 0 Å². The van der Waals surface area contributed by atoms with Crippen molar-refractivity contribution in [2.45, 2.75) is 26.1 Å². The first-order valence-corrected chi connectivity index (χ1v) is 6.54. The first-order chi connectivity index (χ1) is 9.75. The van der Waals surface area contributed by atoms with Gasteiger partial charge in [0, 0.05) is 26.2 Å². The van der Waals surface area contributed by atoms with Gasteiger partial charge in [-0.1, -0.05) is 6.58 Å². The fourth-order valence-electron chi connectivity index (χ4n) is 1.76. The summed E-state index contributed by atoms with van der Waals surface area (Å²) in [4.78, 5) is 22.2. The van der Waals surface area contributed by atoms with E-state index in [4.69, 9.17) is 0 Å². The number of amides is 1. The Labute approximate surface area is 121 Å². The SMILES string of the molecule is C=CC(=O)N1CCN(/C(C)=N/C=N\C(C)C(F)(F)F)CC1. The van der Waals surface area contributed by atoms with Gasteiger partial charge in [-0.3, -0.25) is 9.79 Å². The Morgan fingerprint density at radius 2 is 1.76 bits per heavy atom. The van der Waals surface area contributed by atoms with Crippen LogP contribution in [0.4, 0.5) is 13.2 Å². The number of nitrogens with zero attached hydrogens (tertiary/aromatic N) is 4. The van der Waals surface area contributed by atoms with Crippen LogP contribution in [0.2, 0.25) is 0 Å². The molecule has 1 amide bonds. The van der Waals surface area contributed by atoms with Gasteiger partial charge in [-0.05, 0) is 19.9 Å². The topological polar surface area (TPSA) is 48.3 Å². The second kappa shape index (κ2) is 7.24. The largest absolute Gasteiger partial charge is 0.410 e. The smallest absolute Gasteiger partial charge is 0.357 e. The third-order valence-corrected chi connectivity index (χ3v) is 3.23. The van der Waals surface area contributed by atoms with E-state index < -0.39 is 12.2 Å². The minimum absolute atomic E-state index is 0.121. The van der Waals surface area contributed by atoms with E-state index in [1.165, 1.54) is 6.08 Å². The zero-order valence-corrected chi connectivity index (χ0v) is 12.1. The van der Waals surface area contributed by atoms with E-state index >= 15 is 0 Å². The summed E-state index contributed by atoms with van der Waals surface area (Å²) >= 11 is 0. The molecule has 1 unspecified atom stereocenters. The zero-order valence-electron chi connectivity index (χ0n) is 12.1. The van der Waals surface area contributed by atoms with Crippen molar-refractivity contribution in [3.63, 3.8) is 0 Å². The Morgan fingerprint density at radius 1 is 1.24 bits per heavy atom. The van der Waals surface area contributed by atoms with Gasteiger partial charge in [-0.25, -0.2) is 4.99 Å². The maximum absolute atomic E-state index is 12.3. The quantitative estimate of drug-likeness (QED) is 0.453. The molecule has 1 rings (SSSR count). The number of carbonyl (C=O) groups is 1. The molecule has 0 spiro atoms. The van der Waals surface area contributed by atoms with Crippen LogP contribution < -0.4 is 0 Å². The van der Waals surface area contributed by atoms with Crippen molar-refractivity contribution in [1.82, 2.24) is 9.80 Å². The number of hydrogen-bond donors (Lipinski definition) is 0. The van der Waals surface area contributed by atoms with E-state index in [9.17, 15) is 18.0 Å². The van der Waals surface area contributed by atoms with Crippen molar-refractivity contribution >= 4 is 18.1 Å². The molecule has 118 valence electrons. The molecule has 1 saturated heterocycles. The molecule has 0 saturated carbocycles. The minimum Gasteiger partial charge on any atom is -0.357 e. The Balaban J connectivity index is 2.52. The molecule has 0 aromatic heterocycles. The van der Waals surface area contributed by atoms with Gasteiger partial charge in [0.2, 0.25) is 5.91 Å². The average molecular weight is 304 g/mol. The molecule has 0 N–H and O–H groups in total. The van der Waals surface area contributed by atoms with Crippen LogP contribution in [0.5, 0.6) is 0 Å². The number of carbonyl (C=O) groups excluding carboxylic acids is 1. The highest BCUT2D eigenvalue weighted by atomic mass is 19.4. The summed E-state index contributed by atoms with van der Waals surface area (Å²) in [5, 5.41) is 0. The lowest BCUT2D eigenvalue weighted by Crippen LogP contribution is -2.49. The number of halogens is 3. The fourth-order valence-corrected chi connectivity index (χ4v) is 1.76. The second-order valence-electron chi connectivity index (χ2n) is 4.67. The average Bonchev–Trinajstić information content (AvgIpc) is 2.45. The van der Waals surface area contributed by atoms with Gasteiger partial charge < -0.3 is 9.80 Å². The van der Waals surface area contributed by atoms with E-state index in [-0.39, 0.29) is 5.91 Å². The van der Waals surface area contributed by atoms with Crippen molar-refractivity contribution in [3.8, 4) is 0 Å². The third-order valence-electron chi connectivity index (χ3n) is 3.23. The first kappa shape index (κ1) is 17.2. The van der Waals surface area contributed by atoms with Crippen LogP contribution in [0.25, 0.3) is 0 Å². The van der Waals surface area contributed by atoms with Crippen molar-refractivity contribution in [2.75, 3.05) is 26.2 Å². The molecule has 1 fully saturated rings. The second-order valence-corrected chi connectivity index (χ2v) is 4.67. The lowest BCUT2D eigenvalue weighted by atomic mass is 10.3. The summed E-state index contributed by atoms with van der Waals surface area (Å²) in [6.45, 7) is 8.34. The third kappa shape index (κ3) is 5.20.